The van der Waals surface area contributed by atoms with Crippen molar-refractivity contribution in [3.63, 3.8) is 0 Å². The Kier molecular flexibility index (Phi) is 7.05. The van der Waals surface area contributed by atoms with Gasteiger partial charge in [-0.1, -0.05) is 36.4 Å². The summed E-state index contributed by atoms with van der Waals surface area (Å²) in [5.74, 6) is 0.752. The van der Waals surface area contributed by atoms with Gasteiger partial charge in [0.25, 0.3) is 0 Å². The van der Waals surface area contributed by atoms with Crippen molar-refractivity contribution in [3.8, 4) is 5.75 Å². The molecular formula is C21H29O4P. The second kappa shape index (κ2) is 8.85. The highest BCUT2D eigenvalue weighted by molar-refractivity contribution is 7.54. The van der Waals surface area contributed by atoms with Gasteiger partial charge in [0.2, 0.25) is 0 Å². The van der Waals surface area contributed by atoms with Gasteiger partial charge in [0.1, 0.15) is 11.4 Å². The fourth-order valence-corrected chi connectivity index (χ4v) is 5.58. The normalized spacial score (nSPS) is 13.2. The second-order valence-corrected chi connectivity index (χ2v) is 8.90. The van der Waals surface area contributed by atoms with Crippen molar-refractivity contribution in [1.29, 1.82) is 0 Å². The van der Waals surface area contributed by atoms with E-state index >= 15 is 0 Å². The lowest BCUT2D eigenvalue weighted by atomic mass is 10.00. The minimum atomic E-state index is -3.48. The Morgan fingerprint density at radius 3 is 1.85 bits per heavy atom. The zero-order valence-electron chi connectivity index (χ0n) is 16.4. The SMILES string of the molecule is COc1ccc(C(c2ccccc2C)P(=O)(OC(C)C)OC(C)C)cc1. The van der Waals surface area contributed by atoms with Crippen LogP contribution in [0, 0.1) is 6.92 Å². The summed E-state index contributed by atoms with van der Waals surface area (Å²) in [5.41, 5.74) is 2.37. The highest BCUT2D eigenvalue weighted by Gasteiger charge is 2.41. The summed E-state index contributed by atoms with van der Waals surface area (Å²) in [6.07, 6.45) is -0.436. The number of rotatable bonds is 8. The average Bonchev–Trinajstić information content (AvgIpc) is 2.56. The molecule has 2 aromatic rings. The molecule has 0 aliphatic rings. The van der Waals surface area contributed by atoms with Gasteiger partial charge in [-0.05, 0) is 63.4 Å². The molecule has 0 aromatic heterocycles. The van der Waals surface area contributed by atoms with Crippen LogP contribution >= 0.6 is 7.60 Å². The number of aryl methyl sites for hydroxylation is 1. The number of methoxy groups -OCH3 is 1. The second-order valence-electron chi connectivity index (χ2n) is 6.88. The number of hydrogen-bond acceptors (Lipinski definition) is 4. The van der Waals surface area contributed by atoms with Gasteiger partial charge in [-0.2, -0.15) is 0 Å². The van der Waals surface area contributed by atoms with Crippen LogP contribution in [0.3, 0.4) is 0 Å². The van der Waals surface area contributed by atoms with Crippen molar-refractivity contribution in [3.05, 3.63) is 65.2 Å². The Morgan fingerprint density at radius 1 is 0.846 bits per heavy atom. The molecule has 142 valence electrons. The molecule has 0 saturated carbocycles. The van der Waals surface area contributed by atoms with Gasteiger partial charge in [0.15, 0.2) is 0 Å². The highest BCUT2D eigenvalue weighted by Crippen LogP contribution is 2.65. The molecule has 0 aliphatic carbocycles. The third-order valence-corrected chi connectivity index (χ3v) is 6.59. The van der Waals surface area contributed by atoms with Crippen LogP contribution in [-0.2, 0) is 13.6 Å². The van der Waals surface area contributed by atoms with Crippen molar-refractivity contribution in [2.45, 2.75) is 52.5 Å². The van der Waals surface area contributed by atoms with E-state index in [0.717, 1.165) is 22.4 Å². The van der Waals surface area contributed by atoms with Crippen LogP contribution in [0.2, 0.25) is 0 Å². The average molecular weight is 376 g/mol. The molecule has 0 aliphatic heterocycles. The zero-order chi connectivity index (χ0) is 19.3. The van der Waals surface area contributed by atoms with Crippen molar-refractivity contribution in [2.24, 2.45) is 0 Å². The molecule has 26 heavy (non-hydrogen) atoms. The van der Waals surface area contributed by atoms with E-state index in [-0.39, 0.29) is 12.2 Å². The summed E-state index contributed by atoms with van der Waals surface area (Å²) in [4.78, 5) is 0. The molecule has 0 saturated heterocycles. The quantitative estimate of drug-likeness (QED) is 0.519. The van der Waals surface area contributed by atoms with Crippen LogP contribution in [0.25, 0.3) is 0 Å². The molecule has 0 spiro atoms. The summed E-state index contributed by atoms with van der Waals surface area (Å²) in [5, 5.41) is 0. The van der Waals surface area contributed by atoms with Gasteiger partial charge in [-0.15, -0.1) is 0 Å². The molecule has 0 fully saturated rings. The largest absolute Gasteiger partial charge is 0.497 e. The van der Waals surface area contributed by atoms with Crippen molar-refractivity contribution >= 4 is 7.60 Å². The monoisotopic (exact) mass is 376 g/mol. The zero-order valence-corrected chi connectivity index (χ0v) is 17.3. The maximum Gasteiger partial charge on any atom is 0.342 e. The lowest BCUT2D eigenvalue weighted by Crippen LogP contribution is -2.15. The summed E-state index contributed by atoms with van der Waals surface area (Å²) in [7, 11) is -1.85. The molecule has 0 radical (unpaired) electrons. The third kappa shape index (κ3) is 4.97. The minimum Gasteiger partial charge on any atom is -0.497 e. The first-order chi connectivity index (χ1) is 12.3. The summed E-state index contributed by atoms with van der Waals surface area (Å²) in [6, 6.07) is 15.5. The van der Waals surface area contributed by atoms with Crippen molar-refractivity contribution in [1.82, 2.24) is 0 Å². The first-order valence-electron chi connectivity index (χ1n) is 8.93. The Balaban J connectivity index is 2.64. The van der Waals surface area contributed by atoms with E-state index in [1.807, 2.05) is 83.1 Å². The number of benzene rings is 2. The Bertz CT molecular complexity index is 739. The Hall–Kier alpha value is -1.61. The molecule has 0 N–H and O–H groups in total. The maximum atomic E-state index is 14.0. The summed E-state index contributed by atoms with van der Waals surface area (Å²) < 4.78 is 31.1. The van der Waals surface area contributed by atoms with Gasteiger partial charge in [0, 0.05) is 0 Å². The van der Waals surface area contributed by atoms with Gasteiger partial charge in [0.05, 0.1) is 19.3 Å². The summed E-state index contributed by atoms with van der Waals surface area (Å²) >= 11 is 0. The first kappa shape index (κ1) is 20.7. The van der Waals surface area contributed by atoms with Crippen LogP contribution in [0.5, 0.6) is 5.75 Å². The maximum absolute atomic E-state index is 14.0. The predicted octanol–water partition coefficient (Wildman–Crippen LogP) is 6.14. The summed E-state index contributed by atoms with van der Waals surface area (Å²) in [6.45, 7) is 9.51. The molecule has 4 nitrogen and oxygen atoms in total. The van der Waals surface area contributed by atoms with Crippen molar-refractivity contribution in [2.75, 3.05) is 7.11 Å². The molecule has 1 unspecified atom stereocenters. The fourth-order valence-electron chi connectivity index (χ4n) is 2.95. The van der Waals surface area contributed by atoms with Crippen LogP contribution in [-0.4, -0.2) is 19.3 Å². The van der Waals surface area contributed by atoms with E-state index < -0.39 is 13.3 Å². The van der Waals surface area contributed by atoms with Gasteiger partial charge in [-0.3, -0.25) is 4.57 Å². The van der Waals surface area contributed by atoms with Gasteiger partial charge < -0.3 is 13.8 Å². The van der Waals surface area contributed by atoms with Gasteiger partial charge in [-0.25, -0.2) is 0 Å². The topological polar surface area (TPSA) is 44.8 Å². The smallest absolute Gasteiger partial charge is 0.342 e. The Labute approximate surface area is 157 Å². The van der Waals surface area contributed by atoms with E-state index in [2.05, 4.69) is 0 Å². The lowest BCUT2D eigenvalue weighted by molar-refractivity contribution is 0.138. The van der Waals surface area contributed by atoms with Crippen LogP contribution in [0.4, 0.5) is 0 Å². The molecule has 0 amide bonds. The van der Waals surface area contributed by atoms with E-state index in [1.165, 1.54) is 0 Å². The first-order valence-corrected chi connectivity index (χ1v) is 10.5. The molecule has 2 rings (SSSR count). The lowest BCUT2D eigenvalue weighted by Gasteiger charge is -2.31. The Morgan fingerprint density at radius 2 is 1.38 bits per heavy atom. The molecule has 0 heterocycles. The van der Waals surface area contributed by atoms with Crippen molar-refractivity contribution < 1.29 is 18.3 Å². The minimum absolute atomic E-state index is 0.218. The van der Waals surface area contributed by atoms with Crippen LogP contribution in [0.15, 0.2) is 48.5 Å². The fraction of sp³-hybridized carbons (Fsp3) is 0.429. The third-order valence-electron chi connectivity index (χ3n) is 3.95. The molecule has 5 heteroatoms. The molecular weight excluding hydrogens is 347 g/mol. The van der Waals surface area contributed by atoms with E-state index in [1.54, 1.807) is 7.11 Å². The van der Waals surface area contributed by atoms with E-state index in [0.29, 0.717) is 0 Å². The van der Waals surface area contributed by atoms with Crippen LogP contribution < -0.4 is 4.74 Å². The predicted molar refractivity (Wildman–Crippen MR) is 106 cm³/mol. The number of ether oxygens (including phenoxy) is 1. The highest BCUT2D eigenvalue weighted by atomic mass is 31.2. The number of hydrogen-bond donors (Lipinski definition) is 0. The van der Waals surface area contributed by atoms with E-state index in [9.17, 15) is 4.57 Å². The van der Waals surface area contributed by atoms with Gasteiger partial charge >= 0.3 is 7.60 Å². The standard InChI is InChI=1S/C21H29O4P/c1-15(2)24-26(22,25-16(3)4)21(20-10-8-7-9-17(20)5)18-11-13-19(23-6)14-12-18/h7-16,21H,1-6H3. The molecule has 1 atom stereocenters. The van der Waals surface area contributed by atoms with Crippen LogP contribution in [0.1, 0.15) is 50.0 Å². The molecule has 0 bridgehead atoms. The van der Waals surface area contributed by atoms with E-state index in [4.69, 9.17) is 13.8 Å². The molecule has 2 aromatic carbocycles.